The number of benzene rings is 1. The summed E-state index contributed by atoms with van der Waals surface area (Å²) in [5.41, 5.74) is 8.65. The molecular formula is C31H43F. The van der Waals surface area contributed by atoms with Crippen LogP contribution in [-0.2, 0) is 0 Å². The van der Waals surface area contributed by atoms with Crippen molar-refractivity contribution in [2.45, 2.75) is 98.1 Å². The van der Waals surface area contributed by atoms with Gasteiger partial charge in [-0.15, -0.1) is 0 Å². The molecule has 0 N–H and O–H groups in total. The lowest BCUT2D eigenvalue weighted by Gasteiger charge is -2.29. The van der Waals surface area contributed by atoms with E-state index in [4.69, 9.17) is 0 Å². The Morgan fingerprint density at radius 3 is 2.22 bits per heavy atom. The van der Waals surface area contributed by atoms with Gasteiger partial charge in [0.15, 0.2) is 0 Å². The third-order valence-electron chi connectivity index (χ3n) is 6.75. The molecule has 1 heteroatoms. The summed E-state index contributed by atoms with van der Waals surface area (Å²) in [6.45, 7) is 19.2. The first kappa shape index (κ1) is 26.1. The average Bonchev–Trinajstić information content (AvgIpc) is 2.73. The van der Waals surface area contributed by atoms with E-state index in [0.717, 1.165) is 56.1 Å². The van der Waals surface area contributed by atoms with Crippen LogP contribution in [0.1, 0.15) is 96.6 Å². The van der Waals surface area contributed by atoms with E-state index in [9.17, 15) is 0 Å². The Balaban J connectivity index is 2.23. The lowest BCUT2D eigenvalue weighted by atomic mass is 9.83. The molecule has 1 aliphatic carbocycles. The molecule has 0 radical (unpaired) electrons. The molecule has 1 aromatic rings. The van der Waals surface area contributed by atoms with E-state index in [1.807, 2.05) is 0 Å². The third kappa shape index (κ3) is 7.76. The van der Waals surface area contributed by atoms with Crippen molar-refractivity contribution in [3.8, 4) is 0 Å². The highest BCUT2D eigenvalue weighted by atomic mass is 19.1. The van der Waals surface area contributed by atoms with Gasteiger partial charge in [0.2, 0.25) is 0 Å². The zero-order valence-corrected chi connectivity index (χ0v) is 21.1. The van der Waals surface area contributed by atoms with Gasteiger partial charge in [0.1, 0.15) is 5.67 Å². The maximum absolute atomic E-state index is 15.1. The molecule has 1 saturated carbocycles. The van der Waals surface area contributed by atoms with Gasteiger partial charge in [0.05, 0.1) is 0 Å². The van der Waals surface area contributed by atoms with Gasteiger partial charge in [-0.2, -0.15) is 0 Å². The zero-order chi connectivity index (χ0) is 23.7. The predicted molar refractivity (Wildman–Crippen MR) is 141 cm³/mol. The van der Waals surface area contributed by atoms with Gasteiger partial charge in [-0.05, 0) is 88.5 Å². The van der Waals surface area contributed by atoms with Gasteiger partial charge >= 0.3 is 0 Å². The topological polar surface area (TPSA) is 0 Å². The van der Waals surface area contributed by atoms with E-state index in [0.29, 0.717) is 6.42 Å². The minimum absolute atomic E-state index is 0.635. The summed E-state index contributed by atoms with van der Waals surface area (Å²) in [5.74, 6) is 0. The molecule has 0 aliphatic heterocycles. The van der Waals surface area contributed by atoms with Crippen molar-refractivity contribution in [3.63, 3.8) is 0 Å². The molecule has 0 bridgehead atoms. The fraction of sp³-hybridized carbons (Fsp3) is 0.484. The molecule has 0 amide bonds. The molecule has 1 aromatic carbocycles. The highest BCUT2D eigenvalue weighted by Gasteiger charge is 2.30. The average molecular weight is 435 g/mol. The Labute approximate surface area is 196 Å². The monoisotopic (exact) mass is 434 g/mol. The van der Waals surface area contributed by atoms with Gasteiger partial charge in [0, 0.05) is 0 Å². The molecule has 2 rings (SSSR count). The van der Waals surface area contributed by atoms with Crippen LogP contribution in [0.5, 0.6) is 0 Å². The van der Waals surface area contributed by atoms with Crippen LogP contribution in [0.2, 0.25) is 0 Å². The summed E-state index contributed by atoms with van der Waals surface area (Å²) in [4.78, 5) is 0. The van der Waals surface area contributed by atoms with E-state index in [1.54, 1.807) is 0 Å². The van der Waals surface area contributed by atoms with E-state index in [-0.39, 0.29) is 0 Å². The smallest absolute Gasteiger partial charge is 0.111 e. The second-order valence-electron chi connectivity index (χ2n) is 9.83. The standard InChI is InChI=1S/C31H43F/c1-8-26(6)30(23(2)3)27(7)21-25(5)22-29(28-16-14-24(4)15-17-28)13-12-20-31(32)18-10-9-11-19-31/h13-17,21H,2,7-12,18-20,22H2,1,3-6H3/b25-21-,29-13+,30-26+. The van der Waals surface area contributed by atoms with Gasteiger partial charge in [-0.25, -0.2) is 4.39 Å². The Hall–Kier alpha value is -2.15. The number of alkyl halides is 1. The summed E-state index contributed by atoms with van der Waals surface area (Å²) in [6.07, 6.45) is 12.4. The molecule has 0 unspecified atom stereocenters. The molecule has 174 valence electrons. The van der Waals surface area contributed by atoms with Gasteiger partial charge in [0.25, 0.3) is 0 Å². The van der Waals surface area contributed by atoms with Crippen molar-refractivity contribution in [2.24, 2.45) is 0 Å². The zero-order valence-electron chi connectivity index (χ0n) is 21.1. The molecule has 0 atom stereocenters. The van der Waals surface area contributed by atoms with E-state index < -0.39 is 5.67 Å². The first-order chi connectivity index (χ1) is 15.1. The molecule has 0 aromatic heterocycles. The molecule has 1 aliphatic rings. The maximum Gasteiger partial charge on any atom is 0.111 e. The molecule has 0 nitrogen and oxygen atoms in total. The van der Waals surface area contributed by atoms with Crippen molar-refractivity contribution >= 4 is 5.57 Å². The van der Waals surface area contributed by atoms with Crippen LogP contribution in [0.4, 0.5) is 4.39 Å². The Kier molecular flexibility index (Phi) is 9.94. The number of hydrogen-bond acceptors (Lipinski definition) is 0. The first-order valence-corrected chi connectivity index (χ1v) is 12.3. The van der Waals surface area contributed by atoms with Crippen molar-refractivity contribution in [2.75, 3.05) is 0 Å². The van der Waals surface area contributed by atoms with Gasteiger partial charge in [-0.3, -0.25) is 0 Å². The fourth-order valence-corrected chi connectivity index (χ4v) is 4.81. The molecule has 32 heavy (non-hydrogen) atoms. The van der Waals surface area contributed by atoms with E-state index in [1.165, 1.54) is 39.8 Å². The van der Waals surface area contributed by atoms with Crippen LogP contribution < -0.4 is 0 Å². The second-order valence-corrected chi connectivity index (χ2v) is 9.83. The van der Waals surface area contributed by atoms with Crippen LogP contribution in [-0.4, -0.2) is 5.67 Å². The fourth-order valence-electron chi connectivity index (χ4n) is 4.81. The number of halogens is 1. The SMILES string of the molecule is C=C(C)/C(C(=C)/C=C(/C)C/C(=C\CCC1(F)CCCCC1)c1ccc(C)cc1)=C(/C)CC. The van der Waals surface area contributed by atoms with Gasteiger partial charge < -0.3 is 0 Å². The maximum atomic E-state index is 15.1. The molecule has 0 saturated heterocycles. The third-order valence-corrected chi connectivity index (χ3v) is 6.75. The van der Waals surface area contributed by atoms with Crippen molar-refractivity contribution < 1.29 is 4.39 Å². The molecule has 1 fully saturated rings. The lowest BCUT2D eigenvalue weighted by Crippen LogP contribution is -2.25. The normalized spacial score (nSPS) is 17.7. The van der Waals surface area contributed by atoms with Gasteiger partial charge in [-0.1, -0.05) is 98.0 Å². The molecule has 0 spiro atoms. The number of rotatable bonds is 10. The Morgan fingerprint density at radius 2 is 1.66 bits per heavy atom. The van der Waals surface area contributed by atoms with Crippen molar-refractivity contribution in [1.29, 1.82) is 0 Å². The highest BCUT2D eigenvalue weighted by molar-refractivity contribution is 5.68. The van der Waals surface area contributed by atoms with Crippen LogP contribution in [0.25, 0.3) is 5.57 Å². The quantitative estimate of drug-likeness (QED) is 0.321. The van der Waals surface area contributed by atoms with Crippen LogP contribution >= 0.6 is 0 Å². The lowest BCUT2D eigenvalue weighted by molar-refractivity contribution is 0.0976. The van der Waals surface area contributed by atoms with Crippen LogP contribution in [0.15, 0.2) is 77.4 Å². The number of aryl methyl sites for hydroxylation is 1. The Morgan fingerprint density at radius 1 is 1.03 bits per heavy atom. The first-order valence-electron chi connectivity index (χ1n) is 12.3. The molecule has 0 heterocycles. The summed E-state index contributed by atoms with van der Waals surface area (Å²) < 4.78 is 15.1. The summed E-state index contributed by atoms with van der Waals surface area (Å²) in [6, 6.07) is 8.70. The second kappa shape index (κ2) is 12.2. The summed E-state index contributed by atoms with van der Waals surface area (Å²) >= 11 is 0. The number of hydrogen-bond donors (Lipinski definition) is 0. The Bertz CT molecular complexity index is 883. The minimum atomic E-state index is -0.967. The van der Waals surface area contributed by atoms with Crippen molar-refractivity contribution in [1.82, 2.24) is 0 Å². The predicted octanol–water partition coefficient (Wildman–Crippen LogP) is 10.0. The summed E-state index contributed by atoms with van der Waals surface area (Å²) in [5, 5.41) is 0. The largest absolute Gasteiger partial charge is 0.244 e. The summed E-state index contributed by atoms with van der Waals surface area (Å²) in [7, 11) is 0. The van der Waals surface area contributed by atoms with Crippen molar-refractivity contribution in [3.05, 3.63) is 88.6 Å². The molecular weight excluding hydrogens is 391 g/mol. The van der Waals surface area contributed by atoms with E-state index >= 15 is 4.39 Å². The minimum Gasteiger partial charge on any atom is -0.244 e. The number of allylic oxidation sites excluding steroid dienone is 8. The van der Waals surface area contributed by atoms with E-state index in [2.05, 4.69) is 84.2 Å². The van der Waals surface area contributed by atoms with Crippen LogP contribution in [0.3, 0.4) is 0 Å². The van der Waals surface area contributed by atoms with Crippen LogP contribution in [0, 0.1) is 6.92 Å². The highest BCUT2D eigenvalue weighted by Crippen LogP contribution is 2.36.